The van der Waals surface area contributed by atoms with Crippen molar-refractivity contribution in [3.63, 3.8) is 0 Å². The van der Waals surface area contributed by atoms with E-state index < -0.39 is 5.56 Å². The molecule has 0 aliphatic carbocycles. The fourth-order valence-electron chi connectivity index (χ4n) is 1.99. The second-order valence-corrected chi connectivity index (χ2v) is 5.34. The van der Waals surface area contributed by atoms with E-state index in [1.807, 2.05) is 18.2 Å². The van der Waals surface area contributed by atoms with E-state index in [0.717, 1.165) is 9.04 Å². The van der Waals surface area contributed by atoms with Gasteiger partial charge >= 0.3 is 0 Å². The molecular formula is C15H13BrN4O2. The second-order valence-electron chi connectivity index (χ2n) is 4.48. The maximum Gasteiger partial charge on any atom is 0.281 e. The summed E-state index contributed by atoms with van der Waals surface area (Å²) in [5.41, 5.74) is 0.475. The predicted octanol–water partition coefficient (Wildman–Crippen LogP) is 3.93. The molecule has 1 aromatic heterocycles. The van der Waals surface area contributed by atoms with Gasteiger partial charge in [-0.3, -0.25) is 9.36 Å². The van der Waals surface area contributed by atoms with Crippen molar-refractivity contribution in [1.29, 1.82) is 5.26 Å². The Morgan fingerprint density at radius 1 is 1.36 bits per heavy atom. The van der Waals surface area contributed by atoms with Gasteiger partial charge in [-0.2, -0.15) is 5.26 Å². The fourth-order valence-corrected chi connectivity index (χ4v) is 2.35. The number of nitrogens with zero attached hydrogens (tertiary/aromatic N) is 4. The zero-order chi connectivity index (χ0) is 16.3. The second kappa shape index (κ2) is 6.54. The van der Waals surface area contributed by atoms with Crippen molar-refractivity contribution in [2.45, 2.75) is 20.4 Å². The molecule has 22 heavy (non-hydrogen) atoms. The molecular weight excluding hydrogens is 348 g/mol. The molecule has 0 aliphatic heterocycles. The van der Waals surface area contributed by atoms with Crippen LogP contribution in [0.4, 0.5) is 11.4 Å². The summed E-state index contributed by atoms with van der Waals surface area (Å²) in [7, 11) is 0. The summed E-state index contributed by atoms with van der Waals surface area (Å²) in [5, 5.41) is 27.2. The first-order valence-corrected chi connectivity index (χ1v) is 7.33. The van der Waals surface area contributed by atoms with E-state index in [1.165, 1.54) is 0 Å². The predicted molar refractivity (Wildman–Crippen MR) is 85.8 cm³/mol. The van der Waals surface area contributed by atoms with Gasteiger partial charge in [-0.05, 0) is 41.9 Å². The van der Waals surface area contributed by atoms with Crippen LogP contribution in [-0.2, 0) is 6.54 Å². The third-order valence-electron chi connectivity index (χ3n) is 3.20. The first-order chi connectivity index (χ1) is 10.5. The number of aromatic hydroxyl groups is 1. The Morgan fingerprint density at radius 2 is 2.05 bits per heavy atom. The van der Waals surface area contributed by atoms with Crippen LogP contribution in [0.1, 0.15) is 18.1 Å². The van der Waals surface area contributed by atoms with Crippen LogP contribution in [0.2, 0.25) is 0 Å². The molecule has 0 radical (unpaired) electrons. The van der Waals surface area contributed by atoms with Crippen LogP contribution in [0, 0.1) is 18.3 Å². The van der Waals surface area contributed by atoms with Crippen molar-refractivity contribution < 1.29 is 5.11 Å². The molecule has 0 amide bonds. The lowest BCUT2D eigenvalue weighted by atomic mass is 10.1. The Morgan fingerprint density at radius 3 is 2.64 bits per heavy atom. The third-order valence-corrected chi connectivity index (χ3v) is 3.87. The van der Waals surface area contributed by atoms with Crippen LogP contribution in [0.3, 0.4) is 0 Å². The normalized spacial score (nSPS) is 10.8. The molecule has 0 saturated carbocycles. The highest BCUT2D eigenvalue weighted by molar-refractivity contribution is 9.10. The highest BCUT2D eigenvalue weighted by Gasteiger charge is 2.18. The van der Waals surface area contributed by atoms with Crippen molar-refractivity contribution in [2.75, 3.05) is 0 Å². The fraction of sp³-hybridized carbons (Fsp3) is 0.200. The van der Waals surface area contributed by atoms with Crippen molar-refractivity contribution in [2.24, 2.45) is 10.2 Å². The van der Waals surface area contributed by atoms with E-state index in [9.17, 15) is 9.90 Å². The molecule has 112 valence electrons. The Labute approximate surface area is 135 Å². The summed E-state index contributed by atoms with van der Waals surface area (Å²) >= 11 is 3.35. The van der Waals surface area contributed by atoms with Crippen LogP contribution in [0.15, 0.2) is 43.8 Å². The van der Waals surface area contributed by atoms with Gasteiger partial charge in [0.05, 0.1) is 5.69 Å². The average molecular weight is 361 g/mol. The maximum atomic E-state index is 12.3. The minimum Gasteiger partial charge on any atom is -0.493 e. The van der Waals surface area contributed by atoms with Gasteiger partial charge in [0, 0.05) is 16.6 Å². The van der Waals surface area contributed by atoms with Crippen LogP contribution in [0.5, 0.6) is 5.88 Å². The van der Waals surface area contributed by atoms with Gasteiger partial charge < -0.3 is 5.11 Å². The van der Waals surface area contributed by atoms with Crippen LogP contribution >= 0.6 is 15.9 Å². The highest BCUT2D eigenvalue weighted by Crippen LogP contribution is 2.29. The first-order valence-electron chi connectivity index (χ1n) is 6.54. The molecule has 6 nitrogen and oxygen atoms in total. The Balaban J connectivity index is 2.64. The first kappa shape index (κ1) is 15.9. The van der Waals surface area contributed by atoms with Gasteiger partial charge in [-0.15, -0.1) is 10.2 Å². The van der Waals surface area contributed by atoms with Crippen LogP contribution in [-0.4, -0.2) is 9.67 Å². The lowest BCUT2D eigenvalue weighted by molar-refractivity contribution is 0.409. The topological polar surface area (TPSA) is 90.7 Å². The van der Waals surface area contributed by atoms with Crippen molar-refractivity contribution in [1.82, 2.24) is 4.57 Å². The highest BCUT2D eigenvalue weighted by atomic mass is 79.9. The van der Waals surface area contributed by atoms with E-state index in [-0.39, 0.29) is 23.7 Å². The number of benzene rings is 1. The Bertz CT molecular complexity index is 850. The summed E-state index contributed by atoms with van der Waals surface area (Å²) in [6.07, 6.45) is 0. The van der Waals surface area contributed by atoms with Crippen LogP contribution < -0.4 is 5.56 Å². The standard InChI is InChI=1S/C15H13BrN4O2/c1-3-20-14(21)10(8-17)9(2)13(15(20)22)19-18-12-7-5-4-6-11(12)16/h4-7,21H,3H2,1-2H3. The van der Waals surface area contributed by atoms with E-state index in [1.54, 1.807) is 26.0 Å². The summed E-state index contributed by atoms with van der Waals surface area (Å²) in [6, 6.07) is 9.09. The number of nitriles is 1. The molecule has 7 heteroatoms. The van der Waals surface area contributed by atoms with E-state index in [2.05, 4.69) is 26.2 Å². The summed E-state index contributed by atoms with van der Waals surface area (Å²) in [5.74, 6) is -0.340. The molecule has 0 atom stereocenters. The monoisotopic (exact) mass is 360 g/mol. The molecule has 2 rings (SSSR count). The molecule has 0 fully saturated rings. The maximum absolute atomic E-state index is 12.3. The molecule has 2 aromatic rings. The van der Waals surface area contributed by atoms with E-state index >= 15 is 0 Å². The van der Waals surface area contributed by atoms with Crippen LogP contribution in [0.25, 0.3) is 0 Å². The summed E-state index contributed by atoms with van der Waals surface area (Å²) in [4.78, 5) is 12.3. The Hall–Kier alpha value is -2.46. The molecule has 0 aliphatic rings. The zero-order valence-electron chi connectivity index (χ0n) is 12.0. The molecule has 0 spiro atoms. The van der Waals surface area contributed by atoms with Gasteiger partial charge in [0.25, 0.3) is 5.56 Å². The van der Waals surface area contributed by atoms with Gasteiger partial charge in [0.2, 0.25) is 5.88 Å². The van der Waals surface area contributed by atoms with Gasteiger partial charge in [-0.1, -0.05) is 12.1 Å². The number of pyridine rings is 1. The molecule has 0 saturated heterocycles. The van der Waals surface area contributed by atoms with Crippen molar-refractivity contribution >= 4 is 27.3 Å². The molecule has 1 aromatic carbocycles. The molecule has 0 unspecified atom stereocenters. The average Bonchev–Trinajstić information content (AvgIpc) is 2.49. The SMILES string of the molecule is CCn1c(O)c(C#N)c(C)c(N=Nc2ccccc2Br)c1=O. The van der Waals surface area contributed by atoms with Crippen molar-refractivity contribution in [3.8, 4) is 11.9 Å². The third kappa shape index (κ3) is 2.78. The lowest BCUT2D eigenvalue weighted by Gasteiger charge is -2.10. The lowest BCUT2D eigenvalue weighted by Crippen LogP contribution is -2.20. The van der Waals surface area contributed by atoms with Crippen molar-refractivity contribution in [3.05, 3.63) is 50.2 Å². The largest absolute Gasteiger partial charge is 0.493 e. The number of halogens is 1. The molecule has 1 N–H and O–H groups in total. The molecule has 0 bridgehead atoms. The van der Waals surface area contributed by atoms with E-state index in [0.29, 0.717) is 11.3 Å². The summed E-state index contributed by atoms with van der Waals surface area (Å²) in [6.45, 7) is 3.50. The smallest absolute Gasteiger partial charge is 0.281 e. The van der Waals surface area contributed by atoms with Gasteiger partial charge in [-0.25, -0.2) is 0 Å². The number of hydrogen-bond acceptors (Lipinski definition) is 5. The van der Waals surface area contributed by atoms with E-state index in [4.69, 9.17) is 5.26 Å². The quantitative estimate of drug-likeness (QED) is 0.840. The minimum atomic E-state index is -0.479. The minimum absolute atomic E-state index is 0.0301. The number of rotatable bonds is 3. The molecule has 1 heterocycles. The van der Waals surface area contributed by atoms with Gasteiger partial charge in [0.15, 0.2) is 5.69 Å². The van der Waals surface area contributed by atoms with Gasteiger partial charge in [0.1, 0.15) is 11.6 Å². The Kier molecular flexibility index (Phi) is 4.73. The number of aromatic nitrogens is 1. The summed E-state index contributed by atoms with van der Waals surface area (Å²) < 4.78 is 1.84. The number of azo groups is 1. The number of hydrogen-bond donors (Lipinski definition) is 1. The zero-order valence-corrected chi connectivity index (χ0v) is 13.6.